The molecule has 52 valence electrons. The van der Waals surface area contributed by atoms with Gasteiger partial charge in [0.2, 0.25) is 0 Å². The van der Waals surface area contributed by atoms with Crippen LogP contribution in [0.3, 0.4) is 0 Å². The molecule has 1 heteroatoms. The van der Waals surface area contributed by atoms with E-state index in [2.05, 4.69) is 19.9 Å². The average molecular weight is 126 g/mol. The third-order valence-electron chi connectivity index (χ3n) is 1.85. The summed E-state index contributed by atoms with van der Waals surface area (Å²) in [6.45, 7) is 4.38. The molecule has 0 fully saturated rings. The van der Waals surface area contributed by atoms with Crippen LogP contribution >= 0.6 is 0 Å². The van der Waals surface area contributed by atoms with Gasteiger partial charge in [-0.3, -0.25) is 0 Å². The molecule has 0 bridgehead atoms. The predicted octanol–water partition coefficient (Wildman–Crippen LogP) is 1.72. The van der Waals surface area contributed by atoms with Crippen molar-refractivity contribution in [2.75, 3.05) is 0 Å². The third kappa shape index (κ3) is 1.83. The first-order chi connectivity index (χ1) is 4.10. The monoisotopic (exact) mass is 126 g/mol. The average Bonchev–Trinajstić information content (AvgIpc) is 1.78. The van der Waals surface area contributed by atoms with Gasteiger partial charge in [0.1, 0.15) is 0 Å². The summed E-state index contributed by atoms with van der Waals surface area (Å²) in [4.78, 5) is 0. The Hall–Kier alpha value is -0.300. The van der Waals surface area contributed by atoms with E-state index in [1.807, 2.05) is 6.08 Å². The normalized spacial score (nSPS) is 32.6. The van der Waals surface area contributed by atoms with E-state index < -0.39 is 0 Å². The molecule has 1 nitrogen and oxygen atoms in total. The van der Waals surface area contributed by atoms with Crippen LogP contribution < -0.4 is 0 Å². The minimum atomic E-state index is -0.182. The molecule has 0 aliphatic heterocycles. The summed E-state index contributed by atoms with van der Waals surface area (Å²) in [6.07, 6.45) is 5.83. The van der Waals surface area contributed by atoms with Gasteiger partial charge in [-0.25, -0.2) is 0 Å². The van der Waals surface area contributed by atoms with E-state index in [4.69, 9.17) is 5.11 Å². The van der Waals surface area contributed by atoms with Crippen molar-refractivity contribution in [2.24, 2.45) is 5.41 Å². The summed E-state index contributed by atoms with van der Waals surface area (Å²) in [5, 5.41) is 9.05. The van der Waals surface area contributed by atoms with E-state index in [0.717, 1.165) is 12.8 Å². The molecule has 0 aromatic carbocycles. The SMILES string of the molecule is CC1(C)C=C[C@H](O)CC1. The van der Waals surface area contributed by atoms with E-state index in [-0.39, 0.29) is 6.10 Å². The Kier molecular flexibility index (Phi) is 1.62. The topological polar surface area (TPSA) is 20.2 Å². The van der Waals surface area contributed by atoms with Crippen molar-refractivity contribution in [1.82, 2.24) is 0 Å². The summed E-state index contributed by atoms with van der Waals surface area (Å²) in [6, 6.07) is 0. The fourth-order valence-electron chi connectivity index (χ4n) is 1.07. The maximum atomic E-state index is 9.05. The lowest BCUT2D eigenvalue weighted by atomic mass is 9.82. The van der Waals surface area contributed by atoms with E-state index in [1.165, 1.54) is 0 Å². The Bertz CT molecular complexity index is 125. The summed E-state index contributed by atoms with van der Waals surface area (Å²) < 4.78 is 0. The molecule has 9 heavy (non-hydrogen) atoms. The number of hydrogen-bond donors (Lipinski definition) is 1. The Morgan fingerprint density at radius 1 is 1.56 bits per heavy atom. The van der Waals surface area contributed by atoms with Gasteiger partial charge >= 0.3 is 0 Å². The second-order valence-electron chi connectivity index (χ2n) is 3.45. The summed E-state index contributed by atoms with van der Waals surface area (Å²) >= 11 is 0. The lowest BCUT2D eigenvalue weighted by Gasteiger charge is -2.25. The zero-order valence-corrected chi connectivity index (χ0v) is 6.09. The van der Waals surface area contributed by atoms with Gasteiger partial charge in [-0.1, -0.05) is 26.0 Å². The summed E-state index contributed by atoms with van der Waals surface area (Å²) in [5.74, 6) is 0. The highest BCUT2D eigenvalue weighted by Gasteiger charge is 2.19. The number of aliphatic hydroxyl groups excluding tert-OH is 1. The van der Waals surface area contributed by atoms with Crippen LogP contribution in [0.4, 0.5) is 0 Å². The molecule has 0 amide bonds. The number of rotatable bonds is 0. The molecule has 0 radical (unpaired) electrons. The third-order valence-corrected chi connectivity index (χ3v) is 1.85. The number of hydrogen-bond acceptors (Lipinski definition) is 1. The zero-order chi connectivity index (χ0) is 6.91. The van der Waals surface area contributed by atoms with Crippen LogP contribution in [0.1, 0.15) is 26.7 Å². The highest BCUT2D eigenvalue weighted by molar-refractivity contribution is 5.02. The van der Waals surface area contributed by atoms with Gasteiger partial charge in [-0.15, -0.1) is 0 Å². The molecule has 0 saturated carbocycles. The van der Waals surface area contributed by atoms with Crippen molar-refractivity contribution >= 4 is 0 Å². The van der Waals surface area contributed by atoms with Crippen LogP contribution in [0.25, 0.3) is 0 Å². The number of aliphatic hydroxyl groups is 1. The molecule has 0 aromatic rings. The molecule has 0 heterocycles. The maximum Gasteiger partial charge on any atom is 0.0721 e. The molecule has 1 N–H and O–H groups in total. The van der Waals surface area contributed by atoms with E-state index in [0.29, 0.717) is 5.41 Å². The lowest BCUT2D eigenvalue weighted by Crippen LogP contribution is -2.18. The van der Waals surface area contributed by atoms with Crippen LogP contribution in [-0.2, 0) is 0 Å². The Labute approximate surface area is 56.4 Å². The molecule has 1 rings (SSSR count). The molecular formula is C8H14O. The van der Waals surface area contributed by atoms with Crippen LogP contribution in [0.15, 0.2) is 12.2 Å². The summed E-state index contributed by atoms with van der Waals surface area (Å²) in [7, 11) is 0. The zero-order valence-electron chi connectivity index (χ0n) is 6.09. The Morgan fingerprint density at radius 3 is 2.56 bits per heavy atom. The smallest absolute Gasteiger partial charge is 0.0721 e. The minimum Gasteiger partial charge on any atom is -0.389 e. The van der Waals surface area contributed by atoms with Gasteiger partial charge in [0, 0.05) is 0 Å². The van der Waals surface area contributed by atoms with Crippen molar-refractivity contribution in [3.05, 3.63) is 12.2 Å². The van der Waals surface area contributed by atoms with Gasteiger partial charge in [0.05, 0.1) is 6.10 Å². The van der Waals surface area contributed by atoms with Crippen LogP contribution in [0.5, 0.6) is 0 Å². The van der Waals surface area contributed by atoms with Gasteiger partial charge in [0.15, 0.2) is 0 Å². The highest BCUT2D eigenvalue weighted by atomic mass is 16.3. The molecule has 1 aliphatic rings. The van der Waals surface area contributed by atoms with Crippen LogP contribution in [0, 0.1) is 5.41 Å². The predicted molar refractivity (Wildman–Crippen MR) is 38.2 cm³/mol. The maximum absolute atomic E-state index is 9.05. The second kappa shape index (κ2) is 2.14. The second-order valence-corrected chi connectivity index (χ2v) is 3.45. The minimum absolute atomic E-state index is 0.182. The van der Waals surface area contributed by atoms with Crippen molar-refractivity contribution < 1.29 is 5.11 Å². The molecular weight excluding hydrogens is 112 g/mol. The first-order valence-electron chi connectivity index (χ1n) is 3.48. The molecule has 1 atom stereocenters. The first-order valence-corrected chi connectivity index (χ1v) is 3.48. The van der Waals surface area contributed by atoms with Gasteiger partial charge in [-0.2, -0.15) is 0 Å². The molecule has 0 spiro atoms. The van der Waals surface area contributed by atoms with Crippen molar-refractivity contribution in [3.63, 3.8) is 0 Å². The van der Waals surface area contributed by atoms with E-state index >= 15 is 0 Å². The molecule has 1 aliphatic carbocycles. The van der Waals surface area contributed by atoms with Crippen molar-refractivity contribution in [2.45, 2.75) is 32.8 Å². The van der Waals surface area contributed by atoms with Crippen LogP contribution in [0.2, 0.25) is 0 Å². The number of allylic oxidation sites excluding steroid dienone is 1. The molecule has 0 aromatic heterocycles. The quantitative estimate of drug-likeness (QED) is 0.490. The van der Waals surface area contributed by atoms with Gasteiger partial charge in [0.25, 0.3) is 0 Å². The standard InChI is InChI=1S/C8H14O/c1-8(2)5-3-7(9)4-6-8/h3,5,7,9H,4,6H2,1-2H3/t7-/m0/s1. The van der Waals surface area contributed by atoms with E-state index in [9.17, 15) is 0 Å². The van der Waals surface area contributed by atoms with Crippen molar-refractivity contribution in [1.29, 1.82) is 0 Å². The molecule has 0 unspecified atom stereocenters. The highest BCUT2D eigenvalue weighted by Crippen LogP contribution is 2.28. The largest absolute Gasteiger partial charge is 0.389 e. The Balaban J connectivity index is 2.58. The fraction of sp³-hybridized carbons (Fsp3) is 0.750. The Morgan fingerprint density at radius 2 is 2.22 bits per heavy atom. The van der Waals surface area contributed by atoms with Crippen molar-refractivity contribution in [3.8, 4) is 0 Å². The van der Waals surface area contributed by atoms with Gasteiger partial charge < -0.3 is 5.11 Å². The fourth-order valence-corrected chi connectivity index (χ4v) is 1.07. The van der Waals surface area contributed by atoms with Gasteiger partial charge in [-0.05, 0) is 18.3 Å². The summed E-state index contributed by atoms with van der Waals surface area (Å²) in [5.41, 5.74) is 0.319. The van der Waals surface area contributed by atoms with Crippen LogP contribution in [-0.4, -0.2) is 11.2 Å². The molecule has 0 saturated heterocycles. The van der Waals surface area contributed by atoms with E-state index in [1.54, 1.807) is 0 Å². The first kappa shape index (κ1) is 6.81. The lowest BCUT2D eigenvalue weighted by molar-refractivity contribution is 0.180.